The maximum atomic E-state index is 12.0. The molecule has 21 heavy (non-hydrogen) atoms. The quantitative estimate of drug-likeness (QED) is 0.730. The fourth-order valence-electron chi connectivity index (χ4n) is 2.52. The van der Waals surface area contributed by atoms with Crippen molar-refractivity contribution >= 4 is 12.0 Å². The predicted molar refractivity (Wildman–Crippen MR) is 83.2 cm³/mol. The third kappa shape index (κ3) is 4.61. The second-order valence-corrected chi connectivity index (χ2v) is 7.52. The van der Waals surface area contributed by atoms with E-state index in [1.807, 2.05) is 0 Å². The van der Waals surface area contributed by atoms with Gasteiger partial charge in [0.25, 0.3) is 0 Å². The Labute approximate surface area is 127 Å². The van der Waals surface area contributed by atoms with Gasteiger partial charge in [-0.15, -0.1) is 0 Å². The number of hydrogen-bond donors (Lipinski definition) is 3. The van der Waals surface area contributed by atoms with E-state index in [-0.39, 0.29) is 6.03 Å². The molecular formula is C16H30N2O3. The average Bonchev–Trinajstić information content (AvgIpc) is 2.37. The highest BCUT2D eigenvalue weighted by molar-refractivity contribution is 5.79. The molecule has 0 atom stereocenters. The van der Waals surface area contributed by atoms with E-state index in [1.54, 1.807) is 27.7 Å². The van der Waals surface area contributed by atoms with E-state index in [4.69, 9.17) is 0 Å². The summed E-state index contributed by atoms with van der Waals surface area (Å²) < 4.78 is 0. The van der Waals surface area contributed by atoms with Crippen molar-refractivity contribution in [2.45, 2.75) is 65.8 Å². The first-order valence-electron chi connectivity index (χ1n) is 7.85. The Morgan fingerprint density at radius 2 is 1.62 bits per heavy atom. The van der Waals surface area contributed by atoms with Crippen LogP contribution < -0.4 is 10.6 Å². The van der Waals surface area contributed by atoms with Crippen molar-refractivity contribution in [3.63, 3.8) is 0 Å². The van der Waals surface area contributed by atoms with E-state index in [0.29, 0.717) is 12.5 Å². The first-order chi connectivity index (χ1) is 9.56. The molecule has 122 valence electrons. The van der Waals surface area contributed by atoms with Crippen LogP contribution in [0.15, 0.2) is 0 Å². The third-order valence-electron chi connectivity index (χ3n) is 5.21. The van der Waals surface area contributed by atoms with Crippen molar-refractivity contribution in [2.75, 3.05) is 6.54 Å². The molecule has 0 aromatic carbocycles. The lowest BCUT2D eigenvalue weighted by molar-refractivity contribution is -0.150. The van der Waals surface area contributed by atoms with Crippen molar-refractivity contribution < 1.29 is 14.7 Å². The van der Waals surface area contributed by atoms with Crippen LogP contribution in [0.2, 0.25) is 0 Å². The largest absolute Gasteiger partial charge is 0.481 e. The summed E-state index contributed by atoms with van der Waals surface area (Å²) in [6.45, 7) is 9.66. The van der Waals surface area contributed by atoms with Gasteiger partial charge in [-0.1, -0.05) is 19.8 Å². The number of carboxylic acid groups (broad SMARTS) is 1. The molecule has 2 amide bonds. The third-order valence-corrected chi connectivity index (χ3v) is 5.21. The molecule has 1 fully saturated rings. The summed E-state index contributed by atoms with van der Waals surface area (Å²) in [6, 6.07) is -0.284. The van der Waals surface area contributed by atoms with Crippen LogP contribution in [-0.2, 0) is 4.79 Å². The second kappa shape index (κ2) is 6.67. The van der Waals surface area contributed by atoms with Crippen molar-refractivity contribution in [2.24, 2.45) is 17.3 Å². The number of rotatable bonds is 5. The Kier molecular flexibility index (Phi) is 5.65. The van der Waals surface area contributed by atoms with Gasteiger partial charge in [-0.25, -0.2) is 4.79 Å². The smallest absolute Gasteiger partial charge is 0.315 e. The van der Waals surface area contributed by atoms with Crippen molar-refractivity contribution in [1.29, 1.82) is 0 Å². The zero-order valence-electron chi connectivity index (χ0n) is 14.0. The van der Waals surface area contributed by atoms with Gasteiger partial charge < -0.3 is 15.7 Å². The van der Waals surface area contributed by atoms with Crippen molar-refractivity contribution in [3.05, 3.63) is 0 Å². The number of nitrogens with one attached hydrogen (secondary N) is 2. The lowest BCUT2D eigenvalue weighted by atomic mass is 9.74. The minimum atomic E-state index is -1.04. The molecule has 0 saturated heterocycles. The number of carbonyl (C=O) groups is 2. The Hall–Kier alpha value is -1.26. The molecule has 0 bridgehead atoms. The minimum Gasteiger partial charge on any atom is -0.481 e. The monoisotopic (exact) mass is 298 g/mol. The van der Waals surface area contributed by atoms with Crippen LogP contribution in [0, 0.1) is 17.3 Å². The summed E-state index contributed by atoms with van der Waals surface area (Å²) in [5.74, 6) is 0.419. The zero-order chi connectivity index (χ0) is 16.3. The number of hydrogen-bond acceptors (Lipinski definition) is 2. The first-order valence-corrected chi connectivity index (χ1v) is 7.85. The molecule has 0 radical (unpaired) electrons. The summed E-state index contributed by atoms with van der Waals surface area (Å²) in [5.41, 5.74) is -1.87. The van der Waals surface area contributed by atoms with E-state index >= 15 is 0 Å². The molecule has 1 rings (SSSR count). The molecule has 5 heteroatoms. The van der Waals surface area contributed by atoms with Gasteiger partial charge in [-0.3, -0.25) is 4.79 Å². The molecule has 1 aliphatic carbocycles. The van der Waals surface area contributed by atoms with E-state index in [0.717, 1.165) is 18.8 Å². The van der Waals surface area contributed by atoms with Gasteiger partial charge in [0, 0.05) is 6.54 Å². The molecule has 1 saturated carbocycles. The molecule has 5 nitrogen and oxygen atoms in total. The number of amides is 2. The zero-order valence-corrected chi connectivity index (χ0v) is 14.0. The summed E-state index contributed by atoms with van der Waals surface area (Å²) in [5, 5.41) is 15.0. The van der Waals surface area contributed by atoms with E-state index in [1.165, 1.54) is 12.8 Å². The van der Waals surface area contributed by atoms with Gasteiger partial charge >= 0.3 is 12.0 Å². The first kappa shape index (κ1) is 17.8. The van der Waals surface area contributed by atoms with Crippen LogP contribution in [0.5, 0.6) is 0 Å². The SMILES string of the molecule is CC1CCC(CNC(=O)NC(C)(C)C(C)(C)C(=O)O)CC1. The Bertz CT molecular complexity index is 383. The Morgan fingerprint density at radius 1 is 1.10 bits per heavy atom. The molecule has 0 aliphatic heterocycles. The standard InChI is InChI=1S/C16H30N2O3/c1-11-6-8-12(9-7-11)10-17-14(21)18-16(4,5)15(2,3)13(19)20/h11-12H,6-10H2,1-5H3,(H,19,20)(H2,17,18,21). The number of aliphatic carboxylic acids is 1. The van der Waals surface area contributed by atoms with Gasteiger partial charge in [-0.05, 0) is 52.4 Å². The molecule has 1 aliphatic rings. The summed E-state index contributed by atoms with van der Waals surface area (Å²) in [6.07, 6.45) is 4.77. The lowest BCUT2D eigenvalue weighted by Gasteiger charge is -2.38. The second-order valence-electron chi connectivity index (χ2n) is 7.52. The van der Waals surface area contributed by atoms with Gasteiger partial charge in [0.2, 0.25) is 0 Å². The molecule has 0 aromatic heterocycles. The molecular weight excluding hydrogens is 268 g/mol. The lowest BCUT2D eigenvalue weighted by Crippen LogP contribution is -2.59. The van der Waals surface area contributed by atoms with Crippen LogP contribution in [0.1, 0.15) is 60.3 Å². The minimum absolute atomic E-state index is 0.284. The van der Waals surface area contributed by atoms with Gasteiger partial charge in [0.05, 0.1) is 11.0 Å². The molecule has 0 unspecified atom stereocenters. The highest BCUT2D eigenvalue weighted by atomic mass is 16.4. The van der Waals surface area contributed by atoms with E-state index in [2.05, 4.69) is 17.6 Å². The topological polar surface area (TPSA) is 78.4 Å². The van der Waals surface area contributed by atoms with E-state index in [9.17, 15) is 14.7 Å². The maximum absolute atomic E-state index is 12.0. The summed E-state index contributed by atoms with van der Waals surface area (Å²) in [4.78, 5) is 23.3. The predicted octanol–water partition coefficient (Wildman–Crippen LogP) is 3.00. The Balaban J connectivity index is 2.44. The molecule has 0 aromatic rings. The fourth-order valence-corrected chi connectivity index (χ4v) is 2.52. The summed E-state index contributed by atoms with van der Waals surface area (Å²) in [7, 11) is 0. The van der Waals surface area contributed by atoms with Crippen LogP contribution in [-0.4, -0.2) is 29.2 Å². The molecule has 0 heterocycles. The maximum Gasteiger partial charge on any atom is 0.315 e. The average molecular weight is 298 g/mol. The van der Waals surface area contributed by atoms with Crippen molar-refractivity contribution in [3.8, 4) is 0 Å². The normalized spacial score (nSPS) is 23.5. The molecule has 3 N–H and O–H groups in total. The van der Waals surface area contributed by atoms with Crippen LogP contribution in [0.25, 0.3) is 0 Å². The van der Waals surface area contributed by atoms with E-state index < -0.39 is 16.9 Å². The summed E-state index contributed by atoms with van der Waals surface area (Å²) >= 11 is 0. The Morgan fingerprint density at radius 3 is 2.10 bits per heavy atom. The number of carbonyl (C=O) groups excluding carboxylic acids is 1. The van der Waals surface area contributed by atoms with Gasteiger partial charge in [0.15, 0.2) is 0 Å². The highest BCUT2D eigenvalue weighted by Crippen LogP contribution is 2.31. The number of urea groups is 1. The van der Waals surface area contributed by atoms with Crippen molar-refractivity contribution in [1.82, 2.24) is 10.6 Å². The van der Waals surface area contributed by atoms with Gasteiger partial charge in [-0.2, -0.15) is 0 Å². The fraction of sp³-hybridized carbons (Fsp3) is 0.875. The van der Waals surface area contributed by atoms with Crippen LogP contribution in [0.3, 0.4) is 0 Å². The van der Waals surface area contributed by atoms with Crippen LogP contribution in [0.4, 0.5) is 4.79 Å². The number of carboxylic acids is 1. The highest BCUT2D eigenvalue weighted by Gasteiger charge is 2.44. The molecule has 0 spiro atoms. The van der Waals surface area contributed by atoms with Gasteiger partial charge in [0.1, 0.15) is 0 Å². The van der Waals surface area contributed by atoms with Crippen LogP contribution >= 0.6 is 0 Å².